The molecule has 0 radical (unpaired) electrons. The van der Waals surface area contributed by atoms with Crippen LogP contribution in [-0.4, -0.2) is 22.5 Å². The SMILES string of the molecule is CC(C)(CCC(=O)O)NC(=O)c1ccc(-c2ccccc2F)o1. The van der Waals surface area contributed by atoms with Gasteiger partial charge in [0, 0.05) is 12.0 Å². The van der Waals surface area contributed by atoms with Crippen molar-refractivity contribution in [1.29, 1.82) is 0 Å². The van der Waals surface area contributed by atoms with Crippen molar-refractivity contribution in [1.82, 2.24) is 5.32 Å². The van der Waals surface area contributed by atoms with E-state index in [1.54, 1.807) is 32.0 Å². The summed E-state index contributed by atoms with van der Waals surface area (Å²) in [6, 6.07) is 9.11. The molecule has 0 spiro atoms. The first-order valence-corrected chi connectivity index (χ1v) is 7.17. The third-order valence-corrected chi connectivity index (χ3v) is 3.38. The largest absolute Gasteiger partial charge is 0.481 e. The highest BCUT2D eigenvalue weighted by Gasteiger charge is 2.24. The van der Waals surface area contributed by atoms with Crippen LogP contribution in [0.1, 0.15) is 37.2 Å². The van der Waals surface area contributed by atoms with Crippen molar-refractivity contribution < 1.29 is 23.5 Å². The molecule has 2 N–H and O–H groups in total. The van der Waals surface area contributed by atoms with Crippen molar-refractivity contribution in [2.45, 2.75) is 32.2 Å². The molecule has 0 unspecified atom stereocenters. The summed E-state index contributed by atoms with van der Waals surface area (Å²) in [5.74, 6) is -1.52. The zero-order chi connectivity index (χ0) is 17.0. The van der Waals surface area contributed by atoms with Gasteiger partial charge in [0.15, 0.2) is 5.76 Å². The average Bonchev–Trinajstić information content (AvgIpc) is 2.95. The maximum Gasteiger partial charge on any atom is 0.303 e. The third kappa shape index (κ3) is 4.42. The van der Waals surface area contributed by atoms with E-state index in [2.05, 4.69) is 5.32 Å². The summed E-state index contributed by atoms with van der Waals surface area (Å²) in [5.41, 5.74) is -0.419. The number of rotatable bonds is 6. The molecule has 23 heavy (non-hydrogen) atoms. The summed E-state index contributed by atoms with van der Waals surface area (Å²) in [7, 11) is 0. The minimum absolute atomic E-state index is 0.0478. The molecule has 0 aliphatic carbocycles. The minimum Gasteiger partial charge on any atom is -0.481 e. The van der Waals surface area contributed by atoms with E-state index >= 15 is 0 Å². The van der Waals surface area contributed by atoms with Crippen molar-refractivity contribution in [3.05, 3.63) is 48.0 Å². The Labute approximate surface area is 133 Å². The van der Waals surface area contributed by atoms with Crippen molar-refractivity contribution in [3.8, 4) is 11.3 Å². The maximum absolute atomic E-state index is 13.7. The highest BCUT2D eigenvalue weighted by Crippen LogP contribution is 2.25. The topological polar surface area (TPSA) is 79.5 Å². The van der Waals surface area contributed by atoms with Gasteiger partial charge in [0.05, 0.1) is 5.56 Å². The second kappa shape index (κ2) is 6.64. The Morgan fingerprint density at radius 2 is 1.91 bits per heavy atom. The molecule has 2 aromatic rings. The summed E-state index contributed by atoms with van der Waals surface area (Å²) >= 11 is 0. The number of benzene rings is 1. The molecular formula is C17H18FNO4. The normalized spacial score (nSPS) is 11.3. The smallest absolute Gasteiger partial charge is 0.303 e. The van der Waals surface area contributed by atoms with Crippen LogP contribution in [0.15, 0.2) is 40.8 Å². The monoisotopic (exact) mass is 319 g/mol. The standard InChI is InChI=1S/C17H18FNO4/c1-17(2,10-9-15(20)21)19-16(22)14-8-7-13(23-14)11-5-3-4-6-12(11)18/h3-8H,9-10H2,1-2H3,(H,19,22)(H,20,21). The van der Waals surface area contributed by atoms with Crippen LogP contribution >= 0.6 is 0 Å². The number of hydrogen-bond acceptors (Lipinski definition) is 3. The predicted molar refractivity (Wildman–Crippen MR) is 82.5 cm³/mol. The number of carboxylic acid groups (broad SMARTS) is 1. The fraction of sp³-hybridized carbons (Fsp3) is 0.294. The van der Waals surface area contributed by atoms with Crippen molar-refractivity contribution in [2.24, 2.45) is 0 Å². The number of carboxylic acids is 1. The lowest BCUT2D eigenvalue weighted by Gasteiger charge is -2.24. The molecule has 0 saturated heterocycles. The van der Waals surface area contributed by atoms with Crippen LogP contribution in [0.25, 0.3) is 11.3 Å². The van der Waals surface area contributed by atoms with Gasteiger partial charge in [-0.15, -0.1) is 0 Å². The number of amides is 1. The number of nitrogens with one attached hydrogen (secondary N) is 1. The van der Waals surface area contributed by atoms with E-state index < -0.39 is 23.2 Å². The van der Waals surface area contributed by atoms with Gasteiger partial charge in [-0.3, -0.25) is 9.59 Å². The van der Waals surface area contributed by atoms with Crippen LogP contribution in [0.3, 0.4) is 0 Å². The van der Waals surface area contributed by atoms with E-state index in [0.29, 0.717) is 0 Å². The number of carbonyl (C=O) groups is 2. The minimum atomic E-state index is -0.924. The number of halogens is 1. The zero-order valence-corrected chi connectivity index (χ0v) is 12.9. The maximum atomic E-state index is 13.7. The molecule has 2 rings (SSSR count). The number of hydrogen-bond donors (Lipinski definition) is 2. The molecule has 0 bridgehead atoms. The second-order valence-electron chi connectivity index (χ2n) is 5.88. The molecule has 0 fully saturated rings. The lowest BCUT2D eigenvalue weighted by molar-refractivity contribution is -0.137. The predicted octanol–water partition coefficient (Wildman–Crippen LogP) is 3.46. The first kappa shape index (κ1) is 16.7. The first-order valence-electron chi connectivity index (χ1n) is 7.17. The van der Waals surface area contributed by atoms with Crippen LogP contribution in [0.4, 0.5) is 4.39 Å². The van der Waals surface area contributed by atoms with Gasteiger partial charge < -0.3 is 14.8 Å². The van der Waals surface area contributed by atoms with Crippen LogP contribution in [0.5, 0.6) is 0 Å². The third-order valence-electron chi connectivity index (χ3n) is 3.38. The van der Waals surface area contributed by atoms with Gasteiger partial charge in [0.25, 0.3) is 5.91 Å². The summed E-state index contributed by atoms with van der Waals surface area (Å²) in [6.07, 6.45) is 0.237. The van der Waals surface area contributed by atoms with E-state index in [4.69, 9.17) is 9.52 Å². The lowest BCUT2D eigenvalue weighted by atomic mass is 9.98. The Hall–Kier alpha value is -2.63. The Morgan fingerprint density at radius 3 is 2.57 bits per heavy atom. The molecule has 1 aromatic carbocycles. The number of carbonyl (C=O) groups excluding carboxylic acids is 1. The summed E-state index contributed by atoms with van der Waals surface area (Å²) in [5, 5.41) is 11.4. The molecule has 0 aliphatic rings. The van der Waals surface area contributed by atoms with Crippen molar-refractivity contribution in [2.75, 3.05) is 0 Å². The molecule has 1 heterocycles. The molecule has 0 saturated carbocycles. The quantitative estimate of drug-likeness (QED) is 0.854. The Balaban J connectivity index is 2.10. The summed E-state index contributed by atoms with van der Waals surface area (Å²) in [6.45, 7) is 3.46. The molecule has 1 amide bonds. The highest BCUT2D eigenvalue weighted by atomic mass is 19.1. The van der Waals surface area contributed by atoms with E-state index in [1.807, 2.05) is 0 Å². The van der Waals surface area contributed by atoms with Gasteiger partial charge in [-0.05, 0) is 44.5 Å². The summed E-state index contributed by atoms with van der Waals surface area (Å²) < 4.78 is 19.1. The number of aliphatic carboxylic acids is 1. The van der Waals surface area contributed by atoms with E-state index in [0.717, 1.165) is 0 Å². The van der Waals surface area contributed by atoms with Crippen LogP contribution in [-0.2, 0) is 4.79 Å². The van der Waals surface area contributed by atoms with Crippen LogP contribution in [0, 0.1) is 5.82 Å². The van der Waals surface area contributed by atoms with Crippen molar-refractivity contribution >= 4 is 11.9 Å². The van der Waals surface area contributed by atoms with E-state index in [1.165, 1.54) is 18.2 Å². The molecule has 6 heteroatoms. The van der Waals surface area contributed by atoms with Gasteiger partial charge >= 0.3 is 5.97 Å². The summed E-state index contributed by atoms with van der Waals surface area (Å²) in [4.78, 5) is 22.8. The average molecular weight is 319 g/mol. The van der Waals surface area contributed by atoms with Crippen LogP contribution < -0.4 is 5.32 Å². The lowest BCUT2D eigenvalue weighted by Crippen LogP contribution is -2.43. The Bertz CT molecular complexity index is 721. The van der Waals surface area contributed by atoms with E-state index in [9.17, 15) is 14.0 Å². The second-order valence-corrected chi connectivity index (χ2v) is 5.88. The highest BCUT2D eigenvalue weighted by molar-refractivity contribution is 5.92. The van der Waals surface area contributed by atoms with E-state index in [-0.39, 0.29) is 29.9 Å². The first-order chi connectivity index (χ1) is 10.8. The van der Waals surface area contributed by atoms with Gasteiger partial charge in [-0.25, -0.2) is 4.39 Å². The number of furan rings is 1. The van der Waals surface area contributed by atoms with Gasteiger partial charge in [-0.2, -0.15) is 0 Å². The van der Waals surface area contributed by atoms with Crippen molar-refractivity contribution in [3.63, 3.8) is 0 Å². The zero-order valence-electron chi connectivity index (χ0n) is 12.9. The Morgan fingerprint density at radius 1 is 1.22 bits per heavy atom. The Kier molecular flexibility index (Phi) is 4.83. The fourth-order valence-corrected chi connectivity index (χ4v) is 2.12. The molecular weight excluding hydrogens is 301 g/mol. The molecule has 1 aromatic heterocycles. The van der Waals surface area contributed by atoms with Gasteiger partial charge in [-0.1, -0.05) is 12.1 Å². The fourth-order valence-electron chi connectivity index (χ4n) is 2.12. The molecule has 0 aliphatic heterocycles. The molecule has 122 valence electrons. The van der Waals surface area contributed by atoms with Gasteiger partial charge in [0.1, 0.15) is 11.6 Å². The molecule has 5 nitrogen and oxygen atoms in total. The van der Waals surface area contributed by atoms with Gasteiger partial charge in [0.2, 0.25) is 0 Å². The molecule has 0 atom stereocenters. The van der Waals surface area contributed by atoms with Crippen LogP contribution in [0.2, 0.25) is 0 Å².